The molecular formula is C14H7ClN2O4S2. The van der Waals surface area contributed by atoms with E-state index in [9.17, 15) is 14.9 Å². The molecule has 0 spiro atoms. The van der Waals surface area contributed by atoms with Crippen molar-refractivity contribution in [2.75, 3.05) is 0 Å². The molecule has 0 atom stereocenters. The van der Waals surface area contributed by atoms with Crippen molar-refractivity contribution in [1.29, 1.82) is 0 Å². The predicted octanol–water partition coefficient (Wildman–Crippen LogP) is 4.00. The smallest absolute Gasteiger partial charge is 0.288 e. The number of benzene rings is 1. The monoisotopic (exact) mass is 366 g/mol. The number of amides is 1. The molecule has 0 aliphatic carbocycles. The molecule has 3 rings (SSSR count). The van der Waals surface area contributed by atoms with Crippen molar-refractivity contribution in [3.05, 3.63) is 56.1 Å². The van der Waals surface area contributed by atoms with Gasteiger partial charge in [0, 0.05) is 17.7 Å². The number of nitro groups is 1. The van der Waals surface area contributed by atoms with E-state index in [2.05, 4.69) is 5.32 Å². The van der Waals surface area contributed by atoms with Crippen molar-refractivity contribution in [3.8, 4) is 11.3 Å². The first-order chi connectivity index (χ1) is 10.9. The minimum absolute atomic E-state index is 0.0557. The van der Waals surface area contributed by atoms with Crippen LogP contribution in [0.1, 0.15) is 5.76 Å². The molecule has 0 unspecified atom stereocenters. The number of nitro benzene ring substituents is 1. The molecule has 1 N–H and O–H groups in total. The average molecular weight is 367 g/mol. The average Bonchev–Trinajstić information content (AvgIpc) is 3.06. The van der Waals surface area contributed by atoms with Gasteiger partial charge in [0.25, 0.3) is 11.6 Å². The molecular weight excluding hydrogens is 360 g/mol. The number of nitrogens with one attached hydrogen (secondary N) is 1. The van der Waals surface area contributed by atoms with Crippen LogP contribution in [0, 0.1) is 10.1 Å². The number of thioether (sulfide) groups is 1. The third-order valence-electron chi connectivity index (χ3n) is 2.97. The van der Waals surface area contributed by atoms with Gasteiger partial charge in [-0.1, -0.05) is 35.6 Å². The van der Waals surface area contributed by atoms with E-state index in [0.29, 0.717) is 26.3 Å². The first-order valence-electron chi connectivity index (χ1n) is 6.23. The highest BCUT2D eigenvalue weighted by Crippen LogP contribution is 2.32. The summed E-state index contributed by atoms with van der Waals surface area (Å²) in [6.07, 6.45) is 1.56. The number of thiocarbonyl (C=S) groups is 1. The van der Waals surface area contributed by atoms with Gasteiger partial charge in [-0.15, -0.1) is 0 Å². The molecule has 23 heavy (non-hydrogen) atoms. The summed E-state index contributed by atoms with van der Waals surface area (Å²) in [5.41, 5.74) is 0.321. The van der Waals surface area contributed by atoms with Crippen molar-refractivity contribution >= 4 is 57.6 Å². The fourth-order valence-corrected chi connectivity index (χ4v) is 3.15. The van der Waals surface area contributed by atoms with E-state index in [1.807, 2.05) is 0 Å². The maximum Gasteiger partial charge on any atom is 0.288 e. The number of furan rings is 1. The van der Waals surface area contributed by atoms with E-state index < -0.39 is 4.92 Å². The lowest BCUT2D eigenvalue weighted by Gasteiger charge is -1.99. The van der Waals surface area contributed by atoms with Gasteiger partial charge in [0.1, 0.15) is 20.9 Å². The summed E-state index contributed by atoms with van der Waals surface area (Å²) < 4.78 is 6.00. The maximum absolute atomic E-state index is 11.6. The molecule has 1 saturated heterocycles. The third kappa shape index (κ3) is 3.29. The zero-order valence-corrected chi connectivity index (χ0v) is 13.6. The molecule has 1 aromatic heterocycles. The van der Waals surface area contributed by atoms with Gasteiger partial charge in [-0.3, -0.25) is 14.9 Å². The number of hydrogen-bond donors (Lipinski definition) is 1. The molecule has 0 saturated carbocycles. The van der Waals surface area contributed by atoms with Gasteiger partial charge in [-0.25, -0.2) is 0 Å². The van der Waals surface area contributed by atoms with E-state index >= 15 is 0 Å². The summed E-state index contributed by atoms with van der Waals surface area (Å²) in [4.78, 5) is 22.4. The SMILES string of the molecule is O=C1NC(=S)S/C1=C\c1ccc(-c2ccc(Cl)c([N+](=O)[O-])c2)o1. The minimum atomic E-state index is -0.557. The quantitative estimate of drug-likeness (QED) is 0.382. The Balaban J connectivity index is 1.92. The standard InChI is InChI=1S/C14H7ClN2O4S2/c15-9-3-1-7(5-10(9)17(19)20)11-4-2-8(21-11)6-12-13(18)16-14(22)23-12/h1-6H,(H,16,18,22)/b12-6-. The largest absolute Gasteiger partial charge is 0.457 e. The van der Waals surface area contributed by atoms with Crippen LogP contribution in [-0.2, 0) is 4.79 Å². The number of carbonyl (C=O) groups is 1. The van der Waals surface area contributed by atoms with Gasteiger partial charge in [0.15, 0.2) is 0 Å². The van der Waals surface area contributed by atoms with E-state index in [1.165, 1.54) is 12.1 Å². The molecule has 1 aliphatic rings. The summed E-state index contributed by atoms with van der Waals surface area (Å²) in [6.45, 7) is 0. The molecule has 2 aromatic rings. The molecule has 1 fully saturated rings. The maximum atomic E-state index is 11.6. The summed E-state index contributed by atoms with van der Waals surface area (Å²) in [5.74, 6) is 0.600. The van der Waals surface area contributed by atoms with Crippen molar-refractivity contribution in [3.63, 3.8) is 0 Å². The Hall–Kier alpha value is -2.16. The lowest BCUT2D eigenvalue weighted by molar-refractivity contribution is -0.384. The molecule has 9 heteroatoms. The van der Waals surface area contributed by atoms with Gasteiger partial charge in [-0.2, -0.15) is 0 Å². The van der Waals surface area contributed by atoms with Crippen LogP contribution in [0.25, 0.3) is 17.4 Å². The normalized spacial score (nSPS) is 16.0. The molecule has 0 radical (unpaired) electrons. The lowest BCUT2D eigenvalue weighted by Crippen LogP contribution is -2.17. The van der Waals surface area contributed by atoms with Gasteiger partial charge in [-0.05, 0) is 24.3 Å². The summed E-state index contributed by atoms with van der Waals surface area (Å²) >= 11 is 11.8. The topological polar surface area (TPSA) is 85.4 Å². The fourth-order valence-electron chi connectivity index (χ4n) is 1.94. The van der Waals surface area contributed by atoms with Crippen molar-refractivity contribution in [1.82, 2.24) is 5.32 Å². The first kappa shape index (κ1) is 15.7. The van der Waals surface area contributed by atoms with Gasteiger partial charge >= 0.3 is 0 Å². The Morgan fingerprint density at radius 3 is 2.78 bits per heavy atom. The number of hydrogen-bond acceptors (Lipinski definition) is 6. The Morgan fingerprint density at radius 1 is 1.35 bits per heavy atom. The Bertz CT molecular complexity index is 875. The van der Waals surface area contributed by atoms with E-state index in [1.54, 1.807) is 24.3 Å². The molecule has 1 aliphatic heterocycles. The van der Waals surface area contributed by atoms with Crippen LogP contribution in [0.15, 0.2) is 39.7 Å². The molecule has 2 heterocycles. The van der Waals surface area contributed by atoms with Crippen LogP contribution in [0.3, 0.4) is 0 Å². The van der Waals surface area contributed by atoms with Crippen LogP contribution in [-0.4, -0.2) is 15.2 Å². The van der Waals surface area contributed by atoms with Crippen molar-refractivity contribution in [2.45, 2.75) is 0 Å². The Labute approximate surface area is 144 Å². The van der Waals surface area contributed by atoms with Crippen LogP contribution in [0.4, 0.5) is 5.69 Å². The van der Waals surface area contributed by atoms with Crippen LogP contribution >= 0.6 is 35.6 Å². The lowest BCUT2D eigenvalue weighted by atomic mass is 10.1. The van der Waals surface area contributed by atoms with Crippen molar-refractivity contribution < 1.29 is 14.1 Å². The second kappa shape index (κ2) is 6.15. The third-order valence-corrected chi connectivity index (χ3v) is 4.45. The van der Waals surface area contributed by atoms with Gasteiger partial charge < -0.3 is 9.73 Å². The zero-order valence-electron chi connectivity index (χ0n) is 11.2. The number of halogens is 1. The molecule has 116 valence electrons. The second-order valence-corrected chi connectivity index (χ2v) is 6.60. The van der Waals surface area contributed by atoms with Crippen LogP contribution in [0.2, 0.25) is 5.02 Å². The Morgan fingerprint density at radius 2 is 2.13 bits per heavy atom. The summed E-state index contributed by atoms with van der Waals surface area (Å²) in [7, 11) is 0. The van der Waals surface area contributed by atoms with Gasteiger partial charge in [0.2, 0.25) is 0 Å². The minimum Gasteiger partial charge on any atom is -0.457 e. The molecule has 1 amide bonds. The molecule has 1 aromatic carbocycles. The number of carbonyl (C=O) groups excluding carboxylic acids is 1. The zero-order chi connectivity index (χ0) is 16.6. The Kier molecular flexibility index (Phi) is 4.20. The summed E-state index contributed by atoms with van der Waals surface area (Å²) in [5, 5.41) is 13.5. The molecule has 0 bridgehead atoms. The van der Waals surface area contributed by atoms with E-state index in [4.69, 9.17) is 28.2 Å². The number of nitrogens with zero attached hydrogens (tertiary/aromatic N) is 1. The highest BCUT2D eigenvalue weighted by Gasteiger charge is 2.22. The second-order valence-electron chi connectivity index (χ2n) is 4.48. The van der Waals surface area contributed by atoms with Crippen LogP contribution in [0.5, 0.6) is 0 Å². The van der Waals surface area contributed by atoms with Gasteiger partial charge in [0.05, 0.1) is 9.83 Å². The summed E-state index contributed by atoms with van der Waals surface area (Å²) in [6, 6.07) is 7.73. The van der Waals surface area contributed by atoms with E-state index in [-0.39, 0.29) is 16.6 Å². The fraction of sp³-hybridized carbons (Fsp3) is 0. The highest BCUT2D eigenvalue weighted by molar-refractivity contribution is 8.26. The van der Waals surface area contributed by atoms with E-state index in [0.717, 1.165) is 11.8 Å². The molecule has 6 nitrogen and oxygen atoms in total. The van der Waals surface area contributed by atoms with Crippen LogP contribution < -0.4 is 5.32 Å². The highest BCUT2D eigenvalue weighted by atomic mass is 35.5. The van der Waals surface area contributed by atoms with Crippen molar-refractivity contribution in [2.24, 2.45) is 0 Å². The first-order valence-corrected chi connectivity index (χ1v) is 7.83. The number of rotatable bonds is 3. The predicted molar refractivity (Wildman–Crippen MR) is 92.1 cm³/mol.